The van der Waals surface area contributed by atoms with Crippen LogP contribution in [0, 0.1) is 0 Å². The Hall–Kier alpha value is -0.370. The fourth-order valence-corrected chi connectivity index (χ4v) is 4.58. The molecule has 0 aromatic heterocycles. The van der Waals surface area contributed by atoms with E-state index in [2.05, 4.69) is 10.6 Å². The third kappa shape index (κ3) is 5.37. The molecule has 2 saturated heterocycles. The van der Waals surface area contributed by atoms with E-state index in [1.807, 2.05) is 6.92 Å². The predicted octanol–water partition coefficient (Wildman–Crippen LogP) is 0.871. The van der Waals surface area contributed by atoms with Crippen LogP contribution in [0.25, 0.3) is 0 Å². The van der Waals surface area contributed by atoms with Gasteiger partial charge in [0.05, 0.1) is 11.8 Å². The third-order valence-corrected chi connectivity index (χ3v) is 6.36. The van der Waals surface area contributed by atoms with Crippen molar-refractivity contribution in [3.05, 3.63) is 0 Å². The Kier molecular flexibility index (Phi) is 8.10. The average molecular weight is 354 g/mol. The van der Waals surface area contributed by atoms with Crippen LogP contribution < -0.4 is 10.6 Å². The lowest BCUT2D eigenvalue weighted by atomic mass is 10.0. The molecular weight excluding hydrogens is 326 g/mol. The predicted molar refractivity (Wildman–Crippen MR) is 89.7 cm³/mol. The summed E-state index contributed by atoms with van der Waals surface area (Å²) < 4.78 is 25.5. The van der Waals surface area contributed by atoms with Gasteiger partial charge < -0.3 is 10.6 Å². The first-order valence-electron chi connectivity index (χ1n) is 8.04. The average Bonchev–Trinajstić information content (AvgIpc) is 2.48. The second-order valence-electron chi connectivity index (χ2n) is 6.00. The molecule has 0 spiro atoms. The first kappa shape index (κ1) is 19.7. The maximum Gasteiger partial charge on any atom is 0.237 e. The first-order valence-corrected chi connectivity index (χ1v) is 9.65. The Balaban J connectivity index is 0.00000242. The van der Waals surface area contributed by atoms with Crippen LogP contribution in [0.1, 0.15) is 45.4 Å². The summed E-state index contributed by atoms with van der Waals surface area (Å²) in [5.74, 6) is 0.292. The fraction of sp³-hybridized carbons (Fsp3) is 0.929. The highest BCUT2D eigenvalue weighted by Crippen LogP contribution is 2.16. The number of rotatable bonds is 5. The van der Waals surface area contributed by atoms with Crippen molar-refractivity contribution >= 4 is 28.3 Å². The van der Waals surface area contributed by atoms with Gasteiger partial charge in [-0.3, -0.25) is 4.79 Å². The Labute approximate surface area is 139 Å². The number of carbonyl (C=O) groups excluding carboxylic acids is 1. The zero-order valence-electron chi connectivity index (χ0n) is 13.2. The molecular formula is C14H28ClN3O3S. The molecule has 0 radical (unpaired) electrons. The Morgan fingerprint density at radius 3 is 2.45 bits per heavy atom. The number of carbonyl (C=O) groups is 1. The van der Waals surface area contributed by atoms with E-state index in [1.54, 1.807) is 4.31 Å². The summed E-state index contributed by atoms with van der Waals surface area (Å²) in [4.78, 5) is 12.1. The van der Waals surface area contributed by atoms with Crippen molar-refractivity contribution < 1.29 is 13.2 Å². The number of sulfonamides is 1. The second-order valence-corrected chi connectivity index (χ2v) is 8.09. The topological polar surface area (TPSA) is 78.5 Å². The molecule has 0 aliphatic carbocycles. The summed E-state index contributed by atoms with van der Waals surface area (Å²) in [5.41, 5.74) is 0. The first-order chi connectivity index (χ1) is 10.0. The zero-order chi connectivity index (χ0) is 15.3. The van der Waals surface area contributed by atoms with Crippen molar-refractivity contribution in [1.82, 2.24) is 14.9 Å². The van der Waals surface area contributed by atoms with E-state index in [-0.39, 0.29) is 36.2 Å². The number of hydrogen-bond donors (Lipinski definition) is 2. The number of nitrogens with zero attached hydrogens (tertiary/aromatic N) is 1. The van der Waals surface area contributed by atoms with Gasteiger partial charge in [-0.15, -0.1) is 12.4 Å². The maximum atomic E-state index is 12.1. The highest BCUT2D eigenvalue weighted by molar-refractivity contribution is 7.89. The van der Waals surface area contributed by atoms with E-state index in [9.17, 15) is 13.2 Å². The number of amides is 1. The fourth-order valence-electron chi connectivity index (χ4n) is 3.04. The molecule has 1 amide bonds. The molecule has 0 saturated carbocycles. The quantitative estimate of drug-likeness (QED) is 0.768. The van der Waals surface area contributed by atoms with Crippen LogP contribution in [0.3, 0.4) is 0 Å². The summed E-state index contributed by atoms with van der Waals surface area (Å²) in [7, 11) is -3.10. The van der Waals surface area contributed by atoms with E-state index in [0.29, 0.717) is 32.4 Å². The van der Waals surface area contributed by atoms with Gasteiger partial charge in [-0.1, -0.05) is 13.3 Å². The van der Waals surface area contributed by atoms with Crippen LogP contribution in [0.5, 0.6) is 0 Å². The van der Waals surface area contributed by atoms with Gasteiger partial charge in [0.2, 0.25) is 15.9 Å². The largest absolute Gasteiger partial charge is 0.352 e. The van der Waals surface area contributed by atoms with Gasteiger partial charge in [-0.2, -0.15) is 0 Å². The van der Waals surface area contributed by atoms with Gasteiger partial charge in [0.1, 0.15) is 0 Å². The van der Waals surface area contributed by atoms with E-state index in [1.165, 1.54) is 0 Å². The van der Waals surface area contributed by atoms with Crippen molar-refractivity contribution in [3.63, 3.8) is 0 Å². The van der Waals surface area contributed by atoms with Crippen LogP contribution in [0.4, 0.5) is 0 Å². The summed E-state index contributed by atoms with van der Waals surface area (Å²) in [6.07, 6.45) is 5.20. The lowest BCUT2D eigenvalue weighted by Crippen LogP contribution is -2.52. The van der Waals surface area contributed by atoms with E-state index >= 15 is 0 Å². The Bertz CT molecular complexity index is 444. The molecule has 130 valence electrons. The van der Waals surface area contributed by atoms with Crippen molar-refractivity contribution in [2.75, 3.05) is 25.4 Å². The summed E-state index contributed by atoms with van der Waals surface area (Å²) in [6.45, 7) is 3.82. The molecule has 0 aromatic carbocycles. The lowest BCUT2D eigenvalue weighted by molar-refractivity contribution is -0.124. The van der Waals surface area contributed by atoms with Gasteiger partial charge in [-0.25, -0.2) is 12.7 Å². The van der Waals surface area contributed by atoms with Gasteiger partial charge >= 0.3 is 0 Å². The molecule has 8 heteroatoms. The van der Waals surface area contributed by atoms with Crippen LogP contribution >= 0.6 is 12.4 Å². The lowest BCUT2D eigenvalue weighted by Gasteiger charge is -2.33. The Morgan fingerprint density at radius 2 is 1.91 bits per heavy atom. The van der Waals surface area contributed by atoms with Crippen molar-refractivity contribution in [3.8, 4) is 0 Å². The van der Waals surface area contributed by atoms with Gasteiger partial charge in [0, 0.05) is 19.1 Å². The molecule has 2 N–H and O–H groups in total. The van der Waals surface area contributed by atoms with Crippen molar-refractivity contribution in [2.45, 2.75) is 57.5 Å². The molecule has 0 unspecified atom stereocenters. The Morgan fingerprint density at radius 1 is 1.23 bits per heavy atom. The summed E-state index contributed by atoms with van der Waals surface area (Å²) >= 11 is 0. The monoisotopic (exact) mass is 353 g/mol. The maximum absolute atomic E-state index is 12.1. The van der Waals surface area contributed by atoms with Gasteiger partial charge in [0.25, 0.3) is 0 Å². The SMILES string of the molecule is CCCS(=O)(=O)N1CCC(NC(=O)[C@H]2CCCCN2)CC1.Cl. The van der Waals surface area contributed by atoms with Crippen molar-refractivity contribution in [2.24, 2.45) is 0 Å². The molecule has 2 aliphatic heterocycles. The third-order valence-electron chi connectivity index (χ3n) is 4.28. The van der Waals surface area contributed by atoms with Gasteiger partial charge in [0.15, 0.2) is 0 Å². The number of nitrogens with one attached hydrogen (secondary N) is 2. The van der Waals surface area contributed by atoms with Crippen molar-refractivity contribution in [1.29, 1.82) is 0 Å². The van der Waals surface area contributed by atoms with E-state index in [4.69, 9.17) is 0 Å². The number of hydrogen-bond acceptors (Lipinski definition) is 4. The highest BCUT2D eigenvalue weighted by Gasteiger charge is 2.29. The zero-order valence-corrected chi connectivity index (χ0v) is 14.8. The molecule has 6 nitrogen and oxygen atoms in total. The smallest absolute Gasteiger partial charge is 0.237 e. The van der Waals surface area contributed by atoms with Gasteiger partial charge in [-0.05, 0) is 38.6 Å². The number of piperidine rings is 2. The van der Waals surface area contributed by atoms with E-state index in [0.717, 1.165) is 25.8 Å². The minimum absolute atomic E-state index is 0. The minimum Gasteiger partial charge on any atom is -0.352 e. The summed E-state index contributed by atoms with van der Waals surface area (Å²) in [6, 6.07) is 0.0370. The minimum atomic E-state index is -3.10. The molecule has 2 rings (SSSR count). The molecule has 0 aromatic rings. The molecule has 2 heterocycles. The second kappa shape index (κ2) is 9.05. The molecule has 2 aliphatic rings. The highest BCUT2D eigenvalue weighted by atomic mass is 35.5. The van der Waals surface area contributed by atoms with Crippen LogP contribution in [-0.4, -0.2) is 56.1 Å². The normalized spacial score (nSPS) is 24.5. The molecule has 1 atom stereocenters. The number of halogens is 1. The van der Waals surface area contributed by atoms with E-state index < -0.39 is 10.0 Å². The molecule has 22 heavy (non-hydrogen) atoms. The van der Waals surface area contributed by atoms with Crippen LogP contribution in [0.2, 0.25) is 0 Å². The molecule has 2 fully saturated rings. The van der Waals surface area contributed by atoms with Crippen LogP contribution in [0.15, 0.2) is 0 Å². The molecule has 0 bridgehead atoms. The van der Waals surface area contributed by atoms with Crippen LogP contribution in [-0.2, 0) is 14.8 Å². The summed E-state index contributed by atoms with van der Waals surface area (Å²) in [5, 5.41) is 6.31. The standard InChI is InChI=1S/C14H27N3O3S.ClH/c1-2-11-21(19,20)17-9-6-12(7-10-17)16-14(18)13-5-3-4-8-15-13;/h12-13,15H,2-11H2,1H3,(H,16,18);1H/t13-;/m1./s1.